The Morgan fingerprint density at radius 3 is 2.27 bits per heavy atom. The van der Waals surface area contributed by atoms with Gasteiger partial charge in [-0.2, -0.15) is 0 Å². The van der Waals surface area contributed by atoms with E-state index in [1.807, 2.05) is 55.5 Å². The first kappa shape index (κ1) is 23.8. The zero-order valence-electron chi connectivity index (χ0n) is 19.1. The summed E-state index contributed by atoms with van der Waals surface area (Å²) < 4.78 is 19.8. The van der Waals surface area contributed by atoms with Crippen LogP contribution in [0.2, 0.25) is 0 Å². The van der Waals surface area contributed by atoms with Gasteiger partial charge in [0.1, 0.15) is 5.75 Å². The third kappa shape index (κ3) is 6.80. The molecule has 0 spiro atoms. The van der Waals surface area contributed by atoms with Gasteiger partial charge in [-0.25, -0.2) is 9.38 Å². The van der Waals surface area contributed by atoms with E-state index in [0.717, 1.165) is 11.1 Å². The smallest absolute Gasteiger partial charge is 0.253 e. The van der Waals surface area contributed by atoms with Crippen LogP contribution < -0.4 is 15.4 Å². The molecule has 6 nitrogen and oxygen atoms in total. The number of guanidine groups is 1. The average Bonchev–Trinajstić information content (AvgIpc) is 2.83. The largest absolute Gasteiger partial charge is 0.454 e. The highest BCUT2D eigenvalue weighted by Gasteiger charge is 2.09. The van der Waals surface area contributed by atoms with Crippen LogP contribution in [0.15, 0.2) is 77.8 Å². The third-order valence-corrected chi connectivity index (χ3v) is 4.85. The molecule has 3 aromatic carbocycles. The van der Waals surface area contributed by atoms with Crippen LogP contribution in [-0.2, 0) is 13.1 Å². The summed E-state index contributed by atoms with van der Waals surface area (Å²) >= 11 is 0. The fourth-order valence-electron chi connectivity index (χ4n) is 3.10. The topological polar surface area (TPSA) is 66.0 Å². The number of hydrogen-bond donors (Lipinski definition) is 2. The number of rotatable bonds is 8. The Morgan fingerprint density at radius 1 is 0.939 bits per heavy atom. The molecule has 0 saturated heterocycles. The Labute approximate surface area is 194 Å². The molecule has 2 N–H and O–H groups in total. The van der Waals surface area contributed by atoms with E-state index in [2.05, 4.69) is 15.6 Å². The predicted molar refractivity (Wildman–Crippen MR) is 129 cm³/mol. The number of nitrogens with zero attached hydrogens (tertiary/aromatic N) is 2. The summed E-state index contributed by atoms with van der Waals surface area (Å²) in [6.45, 7) is 3.61. The van der Waals surface area contributed by atoms with Gasteiger partial charge in [-0.15, -0.1) is 0 Å². The molecule has 0 aliphatic carbocycles. The molecule has 0 aliphatic heterocycles. The first-order valence-corrected chi connectivity index (χ1v) is 10.8. The molecule has 3 rings (SSSR count). The average molecular weight is 449 g/mol. The van der Waals surface area contributed by atoms with Crippen LogP contribution in [0.4, 0.5) is 4.39 Å². The van der Waals surface area contributed by atoms with E-state index >= 15 is 0 Å². The van der Waals surface area contributed by atoms with Crippen molar-refractivity contribution in [3.8, 4) is 11.5 Å². The summed E-state index contributed by atoms with van der Waals surface area (Å²) in [5, 5.41) is 6.52. The first-order chi connectivity index (χ1) is 16.0. The highest BCUT2D eigenvalue weighted by Crippen LogP contribution is 2.27. The first-order valence-electron chi connectivity index (χ1n) is 10.8. The number of carbonyl (C=O) groups is 1. The number of ether oxygens (including phenoxy) is 1. The van der Waals surface area contributed by atoms with Crippen molar-refractivity contribution in [3.05, 3.63) is 95.3 Å². The van der Waals surface area contributed by atoms with E-state index in [-0.39, 0.29) is 11.7 Å². The van der Waals surface area contributed by atoms with Crippen molar-refractivity contribution in [3.63, 3.8) is 0 Å². The lowest BCUT2D eigenvalue weighted by atomic mass is 10.1. The van der Waals surface area contributed by atoms with Gasteiger partial charge in [-0.3, -0.25) is 4.79 Å². The molecule has 7 heteroatoms. The molecule has 3 aromatic rings. The van der Waals surface area contributed by atoms with Gasteiger partial charge in [-0.1, -0.05) is 42.5 Å². The molecular formula is C26H29FN4O2. The summed E-state index contributed by atoms with van der Waals surface area (Å²) in [4.78, 5) is 18.2. The molecule has 33 heavy (non-hydrogen) atoms. The van der Waals surface area contributed by atoms with Crippen LogP contribution in [0.1, 0.15) is 28.4 Å². The van der Waals surface area contributed by atoms with Crippen LogP contribution in [0.3, 0.4) is 0 Å². The fourth-order valence-corrected chi connectivity index (χ4v) is 3.10. The Hall–Kier alpha value is -3.87. The number of amides is 1. The second-order valence-electron chi connectivity index (χ2n) is 7.59. The number of halogens is 1. The number of hydrogen-bond acceptors (Lipinski definition) is 3. The highest BCUT2D eigenvalue weighted by molar-refractivity contribution is 5.93. The lowest BCUT2D eigenvalue weighted by molar-refractivity contribution is 0.0827. The monoisotopic (exact) mass is 448 g/mol. The lowest BCUT2D eigenvalue weighted by Gasteiger charge is -2.15. The minimum absolute atomic E-state index is 0.0312. The molecule has 1 amide bonds. The van der Waals surface area contributed by atoms with Crippen molar-refractivity contribution in [1.29, 1.82) is 0 Å². The lowest BCUT2D eigenvalue weighted by Crippen LogP contribution is -2.36. The van der Waals surface area contributed by atoms with Crippen molar-refractivity contribution in [2.24, 2.45) is 4.99 Å². The molecule has 0 unspecified atom stereocenters. The highest BCUT2D eigenvalue weighted by atomic mass is 19.1. The van der Waals surface area contributed by atoms with E-state index in [1.54, 1.807) is 37.2 Å². The number of carbonyl (C=O) groups excluding carboxylic acids is 1. The van der Waals surface area contributed by atoms with Gasteiger partial charge in [0.25, 0.3) is 5.91 Å². The molecule has 0 heterocycles. The van der Waals surface area contributed by atoms with E-state index in [9.17, 15) is 9.18 Å². The Bertz CT molecular complexity index is 1100. The van der Waals surface area contributed by atoms with Gasteiger partial charge in [0.05, 0.1) is 6.54 Å². The maximum absolute atomic E-state index is 14.0. The van der Waals surface area contributed by atoms with Crippen molar-refractivity contribution in [1.82, 2.24) is 15.5 Å². The summed E-state index contributed by atoms with van der Waals surface area (Å²) in [7, 11) is 3.46. The van der Waals surface area contributed by atoms with Crippen molar-refractivity contribution in [2.75, 3.05) is 20.6 Å². The van der Waals surface area contributed by atoms with Crippen molar-refractivity contribution < 1.29 is 13.9 Å². The van der Waals surface area contributed by atoms with Crippen LogP contribution in [0, 0.1) is 5.82 Å². The SMILES string of the molecule is CCNC(=NCc1ccc(C(=O)N(C)C)cc1)NCc1ccccc1Oc1ccccc1F. The number of aliphatic imine (C=N–C) groups is 1. The fraction of sp³-hybridized carbons (Fsp3) is 0.231. The van der Waals surface area contributed by atoms with Gasteiger partial charge in [-0.05, 0) is 42.8 Å². The maximum Gasteiger partial charge on any atom is 0.253 e. The zero-order valence-corrected chi connectivity index (χ0v) is 19.1. The number of nitrogens with one attached hydrogen (secondary N) is 2. The van der Waals surface area contributed by atoms with Gasteiger partial charge in [0.2, 0.25) is 0 Å². The Kier molecular flexibility index (Phi) is 8.41. The molecule has 0 aliphatic rings. The zero-order chi connectivity index (χ0) is 23.6. The van der Waals surface area contributed by atoms with E-state index in [4.69, 9.17) is 4.74 Å². The Balaban J connectivity index is 1.66. The van der Waals surface area contributed by atoms with Crippen LogP contribution in [-0.4, -0.2) is 37.4 Å². The molecule has 0 aromatic heterocycles. The quantitative estimate of drug-likeness (QED) is 0.391. The van der Waals surface area contributed by atoms with Crippen LogP contribution >= 0.6 is 0 Å². The van der Waals surface area contributed by atoms with E-state index in [0.29, 0.717) is 36.9 Å². The van der Waals surface area contributed by atoms with Gasteiger partial charge in [0.15, 0.2) is 17.5 Å². The second kappa shape index (κ2) is 11.7. The molecular weight excluding hydrogens is 419 g/mol. The van der Waals surface area contributed by atoms with Crippen molar-refractivity contribution >= 4 is 11.9 Å². The van der Waals surface area contributed by atoms with Crippen LogP contribution in [0.25, 0.3) is 0 Å². The minimum atomic E-state index is -0.409. The molecule has 0 atom stereocenters. The van der Waals surface area contributed by atoms with Gasteiger partial charge in [0, 0.05) is 38.3 Å². The van der Waals surface area contributed by atoms with Gasteiger partial charge < -0.3 is 20.3 Å². The molecule has 0 bridgehead atoms. The molecule has 172 valence electrons. The third-order valence-electron chi connectivity index (χ3n) is 4.85. The van der Waals surface area contributed by atoms with Crippen molar-refractivity contribution in [2.45, 2.75) is 20.0 Å². The molecule has 0 saturated carbocycles. The van der Waals surface area contributed by atoms with Crippen LogP contribution in [0.5, 0.6) is 11.5 Å². The van der Waals surface area contributed by atoms with E-state index in [1.165, 1.54) is 6.07 Å². The summed E-state index contributed by atoms with van der Waals surface area (Å²) in [5.41, 5.74) is 2.51. The van der Waals surface area contributed by atoms with E-state index < -0.39 is 5.82 Å². The minimum Gasteiger partial charge on any atom is -0.454 e. The number of para-hydroxylation sites is 2. The summed E-state index contributed by atoms with van der Waals surface area (Å²) in [6, 6.07) is 21.3. The normalized spacial score (nSPS) is 11.1. The summed E-state index contributed by atoms with van der Waals surface area (Å²) in [6.07, 6.45) is 0. The Morgan fingerprint density at radius 2 is 1.61 bits per heavy atom. The number of benzene rings is 3. The van der Waals surface area contributed by atoms with Gasteiger partial charge >= 0.3 is 0 Å². The summed E-state index contributed by atoms with van der Waals surface area (Å²) in [5.74, 6) is 0.963. The molecule has 0 fully saturated rings. The maximum atomic E-state index is 14.0. The molecule has 0 radical (unpaired) electrons. The standard InChI is InChI=1S/C26H29FN4O2/c1-4-28-26(29-17-19-13-15-20(16-14-19)25(32)31(2)3)30-18-21-9-5-7-11-23(21)33-24-12-8-6-10-22(24)27/h5-16H,4,17-18H2,1-3H3,(H2,28,29,30). The predicted octanol–water partition coefficient (Wildman–Crippen LogP) is 4.58. The second-order valence-corrected chi connectivity index (χ2v) is 7.59.